The third kappa shape index (κ3) is 4.53. The van der Waals surface area contributed by atoms with Crippen LogP contribution in [0.4, 0.5) is 0 Å². The minimum Gasteiger partial charge on any atom is -0.491 e. The molecule has 4 nitrogen and oxygen atoms in total. The molecule has 4 heteroatoms. The molecule has 0 aliphatic carbocycles. The molecule has 1 unspecified atom stereocenters. The zero-order valence-electron chi connectivity index (χ0n) is 12.3. The van der Waals surface area contributed by atoms with E-state index in [2.05, 4.69) is 10.6 Å². The highest BCUT2D eigenvalue weighted by Gasteiger charge is 2.21. The predicted octanol–water partition coefficient (Wildman–Crippen LogP) is 1.88. The molecule has 0 spiro atoms. The SMILES string of the molecule is Cc1ccc(OCC(C)NC(=O)[C@@H]2CCCNC2)cc1. The van der Waals surface area contributed by atoms with Gasteiger partial charge >= 0.3 is 0 Å². The van der Waals surface area contributed by atoms with Crippen molar-refractivity contribution in [3.63, 3.8) is 0 Å². The van der Waals surface area contributed by atoms with Crippen molar-refractivity contribution in [2.75, 3.05) is 19.7 Å². The largest absolute Gasteiger partial charge is 0.491 e. The topological polar surface area (TPSA) is 50.4 Å². The van der Waals surface area contributed by atoms with E-state index in [1.807, 2.05) is 38.1 Å². The second kappa shape index (κ2) is 7.29. The van der Waals surface area contributed by atoms with Gasteiger partial charge in [0.1, 0.15) is 12.4 Å². The van der Waals surface area contributed by atoms with Crippen LogP contribution in [0.15, 0.2) is 24.3 Å². The summed E-state index contributed by atoms with van der Waals surface area (Å²) in [5.41, 5.74) is 1.21. The Morgan fingerprint density at radius 3 is 2.85 bits per heavy atom. The fraction of sp³-hybridized carbons (Fsp3) is 0.562. The van der Waals surface area contributed by atoms with E-state index >= 15 is 0 Å². The standard InChI is InChI=1S/C16H24N2O2/c1-12-5-7-15(8-6-12)20-11-13(2)18-16(19)14-4-3-9-17-10-14/h5-8,13-14,17H,3-4,9-11H2,1-2H3,(H,18,19)/t13?,14-/m1/s1. The minimum atomic E-state index is 0.0192. The highest BCUT2D eigenvalue weighted by Crippen LogP contribution is 2.12. The van der Waals surface area contributed by atoms with Gasteiger partial charge in [-0.2, -0.15) is 0 Å². The van der Waals surface area contributed by atoms with Gasteiger partial charge in [0.25, 0.3) is 0 Å². The minimum absolute atomic E-state index is 0.0192. The Morgan fingerprint density at radius 2 is 2.20 bits per heavy atom. The molecule has 1 saturated heterocycles. The summed E-state index contributed by atoms with van der Waals surface area (Å²) in [6.45, 7) is 6.33. The number of hydrogen-bond acceptors (Lipinski definition) is 3. The first-order valence-corrected chi connectivity index (χ1v) is 7.35. The molecular formula is C16H24N2O2. The Kier molecular flexibility index (Phi) is 5.41. The fourth-order valence-corrected chi connectivity index (χ4v) is 2.33. The number of nitrogens with one attached hydrogen (secondary N) is 2. The van der Waals surface area contributed by atoms with Crippen molar-refractivity contribution in [3.8, 4) is 5.75 Å². The summed E-state index contributed by atoms with van der Waals surface area (Å²) in [5, 5.41) is 6.29. The lowest BCUT2D eigenvalue weighted by Crippen LogP contribution is -2.45. The Balaban J connectivity index is 1.73. The van der Waals surface area contributed by atoms with Gasteiger partial charge in [-0.25, -0.2) is 0 Å². The summed E-state index contributed by atoms with van der Waals surface area (Å²) in [5.74, 6) is 1.08. The third-order valence-electron chi connectivity index (χ3n) is 3.58. The van der Waals surface area contributed by atoms with Crippen LogP contribution in [0.1, 0.15) is 25.3 Å². The monoisotopic (exact) mass is 276 g/mol. The summed E-state index contributed by atoms with van der Waals surface area (Å²) >= 11 is 0. The molecule has 110 valence electrons. The van der Waals surface area contributed by atoms with Crippen molar-refractivity contribution in [3.05, 3.63) is 29.8 Å². The van der Waals surface area contributed by atoms with Crippen LogP contribution in [0.2, 0.25) is 0 Å². The van der Waals surface area contributed by atoms with Crippen LogP contribution in [0.25, 0.3) is 0 Å². The van der Waals surface area contributed by atoms with Crippen molar-refractivity contribution in [2.45, 2.75) is 32.7 Å². The molecule has 2 N–H and O–H groups in total. The molecule has 0 aromatic heterocycles. The van der Waals surface area contributed by atoms with E-state index in [9.17, 15) is 4.79 Å². The van der Waals surface area contributed by atoms with Gasteiger partial charge in [-0.3, -0.25) is 4.79 Å². The quantitative estimate of drug-likeness (QED) is 0.863. The molecule has 1 amide bonds. The average molecular weight is 276 g/mol. The predicted molar refractivity (Wildman–Crippen MR) is 79.9 cm³/mol. The van der Waals surface area contributed by atoms with Gasteiger partial charge in [-0.05, 0) is 45.4 Å². The zero-order valence-corrected chi connectivity index (χ0v) is 12.3. The summed E-state index contributed by atoms with van der Waals surface area (Å²) in [6.07, 6.45) is 2.05. The number of carbonyl (C=O) groups excluding carboxylic acids is 1. The van der Waals surface area contributed by atoms with Crippen LogP contribution in [0.3, 0.4) is 0 Å². The van der Waals surface area contributed by atoms with E-state index in [1.54, 1.807) is 0 Å². The number of hydrogen-bond donors (Lipinski definition) is 2. The number of rotatable bonds is 5. The van der Waals surface area contributed by atoms with E-state index in [4.69, 9.17) is 4.74 Å². The highest BCUT2D eigenvalue weighted by molar-refractivity contribution is 5.79. The van der Waals surface area contributed by atoms with Crippen molar-refractivity contribution in [1.29, 1.82) is 0 Å². The second-order valence-electron chi connectivity index (χ2n) is 5.58. The van der Waals surface area contributed by atoms with Crippen molar-refractivity contribution in [1.82, 2.24) is 10.6 Å². The Bertz CT molecular complexity index is 425. The maximum Gasteiger partial charge on any atom is 0.224 e. The van der Waals surface area contributed by atoms with Gasteiger partial charge in [0.2, 0.25) is 5.91 Å². The zero-order chi connectivity index (χ0) is 14.4. The molecule has 0 radical (unpaired) electrons. The lowest BCUT2D eigenvalue weighted by atomic mass is 9.98. The number of ether oxygens (including phenoxy) is 1. The smallest absolute Gasteiger partial charge is 0.224 e. The first kappa shape index (κ1) is 14.9. The van der Waals surface area contributed by atoms with Crippen LogP contribution < -0.4 is 15.4 Å². The molecule has 1 fully saturated rings. The number of amides is 1. The summed E-state index contributed by atoms with van der Waals surface area (Å²) < 4.78 is 5.68. The normalized spacial score (nSPS) is 20.2. The lowest BCUT2D eigenvalue weighted by Gasteiger charge is -2.24. The van der Waals surface area contributed by atoms with E-state index in [1.165, 1.54) is 5.56 Å². The van der Waals surface area contributed by atoms with Crippen LogP contribution in [0.5, 0.6) is 5.75 Å². The van der Waals surface area contributed by atoms with Crippen molar-refractivity contribution < 1.29 is 9.53 Å². The molecule has 1 heterocycles. The molecular weight excluding hydrogens is 252 g/mol. The van der Waals surface area contributed by atoms with E-state index in [-0.39, 0.29) is 17.9 Å². The first-order valence-electron chi connectivity index (χ1n) is 7.35. The number of piperidine rings is 1. The van der Waals surface area contributed by atoms with Crippen molar-refractivity contribution in [2.24, 2.45) is 5.92 Å². The van der Waals surface area contributed by atoms with Gasteiger partial charge in [0.15, 0.2) is 0 Å². The van der Waals surface area contributed by atoms with Gasteiger partial charge in [-0.1, -0.05) is 17.7 Å². The average Bonchev–Trinajstić information content (AvgIpc) is 2.47. The fourth-order valence-electron chi connectivity index (χ4n) is 2.33. The molecule has 2 atom stereocenters. The molecule has 0 saturated carbocycles. The molecule has 1 aromatic carbocycles. The van der Waals surface area contributed by atoms with E-state index in [0.29, 0.717) is 6.61 Å². The molecule has 2 rings (SSSR count). The van der Waals surface area contributed by atoms with Gasteiger partial charge in [-0.15, -0.1) is 0 Å². The van der Waals surface area contributed by atoms with Crippen molar-refractivity contribution >= 4 is 5.91 Å². The second-order valence-corrected chi connectivity index (χ2v) is 5.58. The number of aryl methyl sites for hydroxylation is 1. The highest BCUT2D eigenvalue weighted by atomic mass is 16.5. The number of carbonyl (C=O) groups is 1. The molecule has 1 aliphatic rings. The van der Waals surface area contributed by atoms with Crippen LogP contribution in [-0.4, -0.2) is 31.6 Å². The number of benzene rings is 1. The Morgan fingerprint density at radius 1 is 1.45 bits per heavy atom. The molecule has 20 heavy (non-hydrogen) atoms. The van der Waals surface area contributed by atoms with Crippen LogP contribution in [0, 0.1) is 12.8 Å². The van der Waals surface area contributed by atoms with Gasteiger partial charge in [0.05, 0.1) is 12.0 Å². The van der Waals surface area contributed by atoms with Crippen LogP contribution >= 0.6 is 0 Å². The summed E-state index contributed by atoms with van der Waals surface area (Å²) in [4.78, 5) is 12.1. The maximum atomic E-state index is 12.1. The Hall–Kier alpha value is -1.55. The Labute approximate surface area is 120 Å². The molecule has 0 bridgehead atoms. The van der Waals surface area contributed by atoms with Gasteiger partial charge < -0.3 is 15.4 Å². The summed E-state index contributed by atoms with van der Waals surface area (Å²) in [6, 6.07) is 7.97. The summed E-state index contributed by atoms with van der Waals surface area (Å²) in [7, 11) is 0. The molecule has 1 aliphatic heterocycles. The van der Waals surface area contributed by atoms with Crippen LogP contribution in [-0.2, 0) is 4.79 Å². The van der Waals surface area contributed by atoms with Gasteiger partial charge in [0, 0.05) is 6.54 Å². The van der Waals surface area contributed by atoms with E-state index < -0.39 is 0 Å². The third-order valence-corrected chi connectivity index (χ3v) is 3.58. The lowest BCUT2D eigenvalue weighted by molar-refractivity contribution is -0.126. The maximum absolute atomic E-state index is 12.1. The molecule has 1 aromatic rings. The van der Waals surface area contributed by atoms with E-state index in [0.717, 1.165) is 31.7 Å². The first-order chi connectivity index (χ1) is 9.65.